The molecule has 0 N–H and O–H groups in total. The molecule has 4 rings (SSSR count). The zero-order valence-corrected chi connectivity index (χ0v) is 35.4. The molecule has 2 unspecified atom stereocenters. The number of amides is 2. The Morgan fingerprint density at radius 1 is 0.560 bits per heavy atom. The molecule has 2 aliphatic heterocycles. The largest absolute Gasteiger partial charge is 0.293 e. The van der Waals surface area contributed by atoms with Crippen LogP contribution in [0.15, 0.2) is 34.1 Å². The van der Waals surface area contributed by atoms with Crippen molar-refractivity contribution < 1.29 is 9.59 Å². The van der Waals surface area contributed by atoms with Crippen LogP contribution in [0.25, 0.3) is 21.9 Å². The lowest BCUT2D eigenvalue weighted by Crippen LogP contribution is -2.33. The predicted molar refractivity (Wildman–Crippen MR) is 231 cm³/mol. The van der Waals surface area contributed by atoms with Gasteiger partial charge in [0.25, 0.3) is 11.8 Å². The van der Waals surface area contributed by atoms with Gasteiger partial charge < -0.3 is 0 Å². The first-order chi connectivity index (χ1) is 24.3. The molecule has 2 aliphatic rings. The summed E-state index contributed by atoms with van der Waals surface area (Å²) in [5.41, 5.74) is 0. The number of carbonyl (C=O) groups excluding carboxylic acids is 2. The van der Waals surface area contributed by atoms with Crippen molar-refractivity contribution in [3.8, 4) is 9.75 Å². The maximum atomic E-state index is 13.5. The van der Waals surface area contributed by atoms with Crippen molar-refractivity contribution in [1.29, 1.82) is 0 Å². The molecule has 274 valence electrons. The van der Waals surface area contributed by atoms with Gasteiger partial charge in [0.1, 0.15) is 8.64 Å². The normalized spacial score (nSPS) is 18.1. The number of hydrogen-bond acceptors (Lipinski definition) is 8. The summed E-state index contributed by atoms with van der Waals surface area (Å²) in [5.74, 6) is 1.11. The minimum atomic E-state index is 0.0499. The third-order valence-electron chi connectivity index (χ3n) is 9.54. The van der Waals surface area contributed by atoms with Gasteiger partial charge in [-0.25, -0.2) is 0 Å². The lowest BCUT2D eigenvalue weighted by Gasteiger charge is -2.23. The molecule has 2 saturated heterocycles. The highest BCUT2D eigenvalue weighted by Gasteiger charge is 2.35. The molecule has 2 amide bonds. The zero-order chi connectivity index (χ0) is 35.9. The highest BCUT2D eigenvalue weighted by Crippen LogP contribution is 2.40. The lowest BCUT2D eigenvalue weighted by atomic mass is 9.94. The fourth-order valence-electron chi connectivity index (χ4n) is 6.57. The Bertz CT molecular complexity index is 1380. The molecule has 0 bridgehead atoms. The van der Waals surface area contributed by atoms with Crippen LogP contribution < -0.4 is 0 Å². The molecule has 50 heavy (non-hydrogen) atoms. The Hall–Kier alpha value is -1.30. The average Bonchev–Trinajstić information content (AvgIpc) is 3.88. The Kier molecular flexibility index (Phi) is 18.3. The van der Waals surface area contributed by atoms with E-state index in [1.54, 1.807) is 22.7 Å². The molecule has 0 aromatic carbocycles. The third-order valence-corrected chi connectivity index (χ3v) is 14.6. The predicted octanol–water partition coefficient (Wildman–Crippen LogP) is 13.4. The monoisotopic (exact) mass is 788 g/mol. The molecule has 10 heteroatoms. The number of rotatable bonds is 23. The van der Waals surface area contributed by atoms with Gasteiger partial charge in [-0.1, -0.05) is 153 Å². The number of thioether (sulfide) groups is 2. The smallest absolute Gasteiger partial charge is 0.266 e. The second-order valence-electron chi connectivity index (χ2n) is 13.7. The van der Waals surface area contributed by atoms with Crippen molar-refractivity contribution in [3.05, 3.63) is 43.8 Å². The van der Waals surface area contributed by atoms with E-state index < -0.39 is 0 Å². The van der Waals surface area contributed by atoms with Gasteiger partial charge in [-0.3, -0.25) is 19.4 Å². The van der Waals surface area contributed by atoms with E-state index in [0.29, 0.717) is 20.5 Å². The fraction of sp³-hybridized carbons (Fsp3) is 0.600. The molecule has 2 atom stereocenters. The topological polar surface area (TPSA) is 40.6 Å². The summed E-state index contributed by atoms with van der Waals surface area (Å²) in [6, 6.07) is 8.43. The standard InChI is InChI=1S/C40H56N2O2S6/c1-5-9-13-15-19-29(17-11-7-3)27-41-37(43)35(49-39(41)45)25-31-21-23-33(47-31)34-24-22-32(48-34)26-36-38(44)42(40(46)50-36)28-30(18-12-8-4)20-16-14-10-6-2/h21-26,29-30H,5-20,27-28H2,1-4H3/b35-25-,36-26-. The van der Waals surface area contributed by atoms with E-state index in [2.05, 4.69) is 52.0 Å². The van der Waals surface area contributed by atoms with Crippen molar-refractivity contribution in [3.63, 3.8) is 0 Å². The fourth-order valence-corrected chi connectivity index (χ4v) is 11.2. The van der Waals surface area contributed by atoms with Crippen LogP contribution in [0.2, 0.25) is 0 Å². The SMILES string of the molecule is CCCCCCC(CCCC)CN1C(=O)/C(=C/c2ccc(-c3ccc(/C=C4\SC(=S)N(CC(CCCC)CCCCCC)C4=O)s3)s2)SC1=S. The number of thiocarbonyl (C=S) groups is 2. The number of nitrogens with zero attached hydrogens (tertiary/aromatic N) is 2. The minimum absolute atomic E-state index is 0.0499. The Labute approximate surface area is 329 Å². The van der Waals surface area contributed by atoms with Crippen molar-refractivity contribution in [1.82, 2.24) is 9.80 Å². The van der Waals surface area contributed by atoms with Crippen LogP contribution in [0, 0.1) is 11.8 Å². The summed E-state index contributed by atoms with van der Waals surface area (Å²) in [6.07, 6.45) is 23.4. The van der Waals surface area contributed by atoms with Gasteiger partial charge in [0.2, 0.25) is 0 Å². The Morgan fingerprint density at radius 2 is 0.940 bits per heavy atom. The summed E-state index contributed by atoms with van der Waals surface area (Å²) in [7, 11) is 0. The number of hydrogen-bond donors (Lipinski definition) is 0. The molecule has 2 fully saturated rings. The van der Waals surface area contributed by atoms with E-state index in [1.165, 1.54) is 113 Å². The van der Waals surface area contributed by atoms with Crippen LogP contribution in [0.3, 0.4) is 0 Å². The van der Waals surface area contributed by atoms with Crippen LogP contribution in [-0.4, -0.2) is 43.3 Å². The summed E-state index contributed by atoms with van der Waals surface area (Å²) in [4.78, 5) is 36.6. The number of carbonyl (C=O) groups is 2. The van der Waals surface area contributed by atoms with Gasteiger partial charge >= 0.3 is 0 Å². The minimum Gasteiger partial charge on any atom is -0.293 e. The van der Waals surface area contributed by atoms with Crippen LogP contribution in [0.5, 0.6) is 0 Å². The molecular weight excluding hydrogens is 733 g/mol. The molecule has 0 radical (unpaired) electrons. The second-order valence-corrected chi connectivity index (χ2v) is 19.3. The molecule has 4 nitrogen and oxygen atoms in total. The zero-order valence-electron chi connectivity index (χ0n) is 30.5. The molecule has 2 aromatic heterocycles. The van der Waals surface area contributed by atoms with E-state index in [1.807, 2.05) is 22.0 Å². The second kappa shape index (κ2) is 22.0. The van der Waals surface area contributed by atoms with Gasteiger partial charge in [0.05, 0.1) is 9.81 Å². The first-order valence-corrected chi connectivity index (χ1v) is 23.1. The quantitative estimate of drug-likeness (QED) is 0.0634. The lowest BCUT2D eigenvalue weighted by molar-refractivity contribution is -0.123. The van der Waals surface area contributed by atoms with Crippen molar-refractivity contribution in [2.24, 2.45) is 11.8 Å². The van der Waals surface area contributed by atoms with Gasteiger partial charge in [-0.15, -0.1) is 22.7 Å². The van der Waals surface area contributed by atoms with Gasteiger partial charge in [-0.05, 0) is 73.9 Å². The van der Waals surface area contributed by atoms with Crippen molar-refractivity contribution in [2.45, 2.75) is 130 Å². The molecular formula is C40H56N2O2S6. The van der Waals surface area contributed by atoms with Crippen LogP contribution in [-0.2, 0) is 9.59 Å². The number of thiophene rings is 2. The molecule has 2 aromatic rings. The highest BCUT2D eigenvalue weighted by atomic mass is 32.2. The van der Waals surface area contributed by atoms with Crippen molar-refractivity contribution in [2.75, 3.05) is 13.1 Å². The van der Waals surface area contributed by atoms with E-state index >= 15 is 0 Å². The molecule has 0 aliphatic carbocycles. The van der Waals surface area contributed by atoms with Gasteiger partial charge in [0, 0.05) is 32.6 Å². The molecule has 0 saturated carbocycles. The van der Waals surface area contributed by atoms with E-state index in [0.717, 1.165) is 55.3 Å². The van der Waals surface area contributed by atoms with Crippen LogP contribution >= 0.6 is 70.6 Å². The van der Waals surface area contributed by atoms with E-state index in [-0.39, 0.29) is 11.8 Å². The third kappa shape index (κ3) is 12.4. The first kappa shape index (κ1) is 41.5. The summed E-state index contributed by atoms with van der Waals surface area (Å²) in [6.45, 7) is 10.4. The first-order valence-electron chi connectivity index (χ1n) is 19.0. The van der Waals surface area contributed by atoms with E-state index in [9.17, 15) is 9.59 Å². The van der Waals surface area contributed by atoms with Gasteiger partial charge in [0.15, 0.2) is 0 Å². The van der Waals surface area contributed by atoms with E-state index in [4.69, 9.17) is 24.4 Å². The molecule has 4 heterocycles. The Morgan fingerprint density at radius 3 is 1.32 bits per heavy atom. The van der Waals surface area contributed by atoms with Crippen LogP contribution in [0.1, 0.15) is 140 Å². The summed E-state index contributed by atoms with van der Waals surface area (Å²) < 4.78 is 1.37. The summed E-state index contributed by atoms with van der Waals surface area (Å²) >= 11 is 17.7. The van der Waals surface area contributed by atoms with Crippen molar-refractivity contribution >= 4 is 103 Å². The maximum absolute atomic E-state index is 13.5. The highest BCUT2D eigenvalue weighted by molar-refractivity contribution is 8.27. The average molecular weight is 789 g/mol. The van der Waals surface area contributed by atoms with Gasteiger partial charge in [-0.2, -0.15) is 0 Å². The Balaban J connectivity index is 1.38. The number of unbranched alkanes of at least 4 members (excludes halogenated alkanes) is 8. The maximum Gasteiger partial charge on any atom is 0.266 e. The molecule has 0 spiro atoms. The summed E-state index contributed by atoms with van der Waals surface area (Å²) in [5, 5.41) is 0. The van der Waals surface area contributed by atoms with Crippen LogP contribution in [0.4, 0.5) is 0 Å².